The number of hydrogen-bond acceptors (Lipinski definition) is 2. The van der Waals surface area contributed by atoms with Gasteiger partial charge in [-0.05, 0) is 43.5 Å². The van der Waals surface area contributed by atoms with Crippen molar-refractivity contribution in [2.75, 3.05) is 0 Å². The Morgan fingerprint density at radius 2 is 2.00 bits per heavy atom. The fraction of sp³-hybridized carbons (Fsp3) is 0.200. The monoisotopic (exact) mass is 256 g/mol. The molecule has 2 nitrogen and oxygen atoms in total. The van der Waals surface area contributed by atoms with Gasteiger partial charge in [-0.3, -0.25) is 0 Å². The third-order valence-corrected chi connectivity index (χ3v) is 3.44. The van der Waals surface area contributed by atoms with Gasteiger partial charge in [0.25, 0.3) is 0 Å². The van der Waals surface area contributed by atoms with Crippen LogP contribution in [0.4, 0.5) is 0 Å². The summed E-state index contributed by atoms with van der Waals surface area (Å²) in [6.07, 6.45) is 4.04. The number of aromatic nitrogens is 2. The number of hydrogen-bond donors (Lipinski definition) is 0. The normalized spacial score (nSPS) is 13.6. The number of benzene rings is 1. The van der Waals surface area contributed by atoms with E-state index in [1.165, 1.54) is 24.0 Å². The van der Waals surface area contributed by atoms with E-state index in [0.717, 1.165) is 22.0 Å². The minimum absolute atomic E-state index is 0.727. The van der Waals surface area contributed by atoms with Gasteiger partial charge < -0.3 is 0 Å². The summed E-state index contributed by atoms with van der Waals surface area (Å²) in [4.78, 5) is 8.67. The van der Waals surface area contributed by atoms with Crippen molar-refractivity contribution in [3.05, 3.63) is 52.9 Å². The van der Waals surface area contributed by atoms with E-state index >= 15 is 0 Å². The summed E-state index contributed by atoms with van der Waals surface area (Å²) >= 11 is 6.00. The zero-order chi connectivity index (χ0) is 12.5. The second-order valence-electron chi connectivity index (χ2n) is 4.53. The number of allylic oxidation sites excluding steroid dienone is 2. The lowest BCUT2D eigenvalue weighted by Gasteiger charge is -2.04. The van der Waals surface area contributed by atoms with Gasteiger partial charge in [0.2, 0.25) is 0 Å². The highest BCUT2D eigenvalue weighted by Crippen LogP contribution is 2.35. The van der Waals surface area contributed by atoms with Gasteiger partial charge in [-0.1, -0.05) is 29.3 Å². The fourth-order valence-corrected chi connectivity index (χ4v) is 2.18. The summed E-state index contributed by atoms with van der Waals surface area (Å²) in [5.41, 5.74) is 5.77. The number of nitrogens with zero attached hydrogens (tertiary/aromatic N) is 2. The maximum Gasteiger partial charge on any atom is 0.116 e. The van der Waals surface area contributed by atoms with Crippen molar-refractivity contribution < 1.29 is 0 Å². The van der Waals surface area contributed by atoms with E-state index < -0.39 is 0 Å². The molecule has 18 heavy (non-hydrogen) atoms. The molecule has 2 aromatic rings. The van der Waals surface area contributed by atoms with Gasteiger partial charge in [-0.2, -0.15) is 0 Å². The van der Waals surface area contributed by atoms with Crippen LogP contribution in [0.1, 0.15) is 25.5 Å². The molecular weight excluding hydrogens is 244 g/mol. The highest BCUT2D eigenvalue weighted by atomic mass is 35.5. The van der Waals surface area contributed by atoms with Crippen LogP contribution in [0.25, 0.3) is 16.8 Å². The summed E-state index contributed by atoms with van der Waals surface area (Å²) in [7, 11) is 0. The zero-order valence-electron chi connectivity index (χ0n) is 10.2. The van der Waals surface area contributed by atoms with Crippen molar-refractivity contribution in [2.45, 2.75) is 19.8 Å². The van der Waals surface area contributed by atoms with Gasteiger partial charge >= 0.3 is 0 Å². The Bertz CT molecular complexity index is 626. The first kappa shape index (κ1) is 11.4. The summed E-state index contributed by atoms with van der Waals surface area (Å²) < 4.78 is 0. The van der Waals surface area contributed by atoms with Gasteiger partial charge in [-0.15, -0.1) is 0 Å². The van der Waals surface area contributed by atoms with Crippen molar-refractivity contribution in [2.24, 2.45) is 0 Å². The molecule has 1 saturated carbocycles. The molecule has 1 heterocycles. The van der Waals surface area contributed by atoms with Crippen molar-refractivity contribution in [3.8, 4) is 11.3 Å². The molecule has 0 aliphatic heterocycles. The maximum absolute atomic E-state index is 6.00. The molecule has 0 spiro atoms. The smallest absolute Gasteiger partial charge is 0.116 e. The Labute approximate surface area is 111 Å². The molecule has 0 N–H and O–H groups in total. The Morgan fingerprint density at radius 3 is 2.72 bits per heavy atom. The topological polar surface area (TPSA) is 25.8 Å². The second-order valence-corrected chi connectivity index (χ2v) is 4.96. The number of rotatable bonds is 2. The molecule has 90 valence electrons. The highest BCUT2D eigenvalue weighted by molar-refractivity contribution is 6.30. The third-order valence-electron chi connectivity index (χ3n) is 3.20. The van der Waals surface area contributed by atoms with Crippen molar-refractivity contribution >= 4 is 17.2 Å². The van der Waals surface area contributed by atoms with Crippen LogP contribution in [0.5, 0.6) is 0 Å². The van der Waals surface area contributed by atoms with Crippen LogP contribution >= 0.6 is 11.6 Å². The second kappa shape index (κ2) is 4.54. The molecule has 3 rings (SSSR count). The van der Waals surface area contributed by atoms with Gasteiger partial charge in [-0.25, -0.2) is 9.97 Å². The molecule has 0 unspecified atom stereocenters. The van der Waals surface area contributed by atoms with Crippen LogP contribution in [0.2, 0.25) is 5.02 Å². The quantitative estimate of drug-likeness (QED) is 0.798. The first-order chi connectivity index (χ1) is 8.74. The van der Waals surface area contributed by atoms with Crippen LogP contribution in [-0.2, 0) is 0 Å². The van der Waals surface area contributed by atoms with Crippen molar-refractivity contribution in [1.82, 2.24) is 9.97 Å². The molecule has 0 atom stereocenters. The standard InChI is InChI=1S/C15H13ClN2/c1-10(11-5-6-11)14-8-15(18-9-17-14)12-3-2-4-13(16)7-12/h2-4,7-9H,5-6H2,1H3. The molecule has 1 aliphatic rings. The van der Waals surface area contributed by atoms with Gasteiger partial charge in [0.05, 0.1) is 11.4 Å². The molecule has 3 heteroatoms. The van der Waals surface area contributed by atoms with Crippen LogP contribution in [0.15, 0.2) is 42.2 Å². The molecule has 0 bridgehead atoms. The molecule has 0 amide bonds. The average molecular weight is 257 g/mol. The summed E-state index contributed by atoms with van der Waals surface area (Å²) in [5, 5.41) is 0.727. The van der Waals surface area contributed by atoms with E-state index in [-0.39, 0.29) is 0 Å². The predicted octanol–water partition coefficient (Wildman–Crippen LogP) is 4.36. The van der Waals surface area contributed by atoms with E-state index in [0.29, 0.717) is 0 Å². The summed E-state index contributed by atoms with van der Waals surface area (Å²) in [6.45, 7) is 2.13. The highest BCUT2D eigenvalue weighted by Gasteiger charge is 2.16. The zero-order valence-corrected chi connectivity index (χ0v) is 10.9. The Hall–Kier alpha value is -1.67. The average Bonchev–Trinajstić information content (AvgIpc) is 3.22. The summed E-state index contributed by atoms with van der Waals surface area (Å²) in [6, 6.07) is 9.77. The van der Waals surface area contributed by atoms with Crippen molar-refractivity contribution in [1.29, 1.82) is 0 Å². The molecular formula is C15H13ClN2. The Kier molecular flexibility index (Phi) is 2.88. The minimum Gasteiger partial charge on any atom is -0.237 e. The predicted molar refractivity (Wildman–Crippen MR) is 74.3 cm³/mol. The van der Waals surface area contributed by atoms with E-state index in [2.05, 4.69) is 16.9 Å². The van der Waals surface area contributed by atoms with Crippen LogP contribution < -0.4 is 0 Å². The van der Waals surface area contributed by atoms with Crippen LogP contribution in [-0.4, -0.2) is 9.97 Å². The lowest BCUT2D eigenvalue weighted by Crippen LogP contribution is -1.91. The SMILES string of the molecule is CC(=C1CC1)c1cc(-c2cccc(Cl)c2)ncn1. The van der Waals surface area contributed by atoms with E-state index in [1.807, 2.05) is 30.3 Å². The molecule has 0 saturated heterocycles. The number of halogens is 1. The molecule has 1 aromatic carbocycles. The first-order valence-corrected chi connectivity index (χ1v) is 6.39. The van der Waals surface area contributed by atoms with Gasteiger partial charge in [0.15, 0.2) is 0 Å². The minimum atomic E-state index is 0.727. The van der Waals surface area contributed by atoms with Gasteiger partial charge in [0, 0.05) is 10.6 Å². The maximum atomic E-state index is 6.00. The van der Waals surface area contributed by atoms with Crippen molar-refractivity contribution in [3.63, 3.8) is 0 Å². The Balaban J connectivity index is 2.03. The van der Waals surface area contributed by atoms with Crippen LogP contribution in [0.3, 0.4) is 0 Å². The molecule has 1 aromatic heterocycles. The molecule has 1 aliphatic carbocycles. The van der Waals surface area contributed by atoms with E-state index in [4.69, 9.17) is 11.6 Å². The molecule has 1 fully saturated rings. The largest absolute Gasteiger partial charge is 0.237 e. The molecule has 0 radical (unpaired) electrons. The van der Waals surface area contributed by atoms with Gasteiger partial charge in [0.1, 0.15) is 6.33 Å². The lowest BCUT2D eigenvalue weighted by molar-refractivity contribution is 1.14. The summed E-state index contributed by atoms with van der Waals surface area (Å²) in [5.74, 6) is 0. The Morgan fingerprint density at radius 1 is 1.17 bits per heavy atom. The lowest BCUT2D eigenvalue weighted by atomic mass is 10.1. The van der Waals surface area contributed by atoms with E-state index in [1.54, 1.807) is 6.33 Å². The van der Waals surface area contributed by atoms with E-state index in [9.17, 15) is 0 Å². The van der Waals surface area contributed by atoms with Crippen LogP contribution in [0, 0.1) is 0 Å². The fourth-order valence-electron chi connectivity index (χ4n) is 1.99. The third kappa shape index (κ3) is 2.29. The first-order valence-electron chi connectivity index (χ1n) is 6.01.